The summed E-state index contributed by atoms with van der Waals surface area (Å²) in [6.07, 6.45) is 3.11. The summed E-state index contributed by atoms with van der Waals surface area (Å²) in [5.41, 5.74) is 0. The van der Waals surface area contributed by atoms with Gasteiger partial charge in [0.1, 0.15) is 0 Å². The van der Waals surface area contributed by atoms with Crippen LogP contribution in [0.15, 0.2) is 0 Å². The number of rotatable bonds is 8. The van der Waals surface area contributed by atoms with Crippen molar-refractivity contribution in [3.63, 3.8) is 0 Å². The summed E-state index contributed by atoms with van der Waals surface area (Å²) in [6, 6.07) is 0. The highest BCUT2D eigenvalue weighted by molar-refractivity contribution is 7.90. The molecule has 1 unspecified atom stereocenters. The standard InChI is InChI=1S/C11H23NO4S/c1-10(2)17(13,14)12-6-4-7-15-9-11-5-3-8-16-11/h10-12H,3-9H2,1-2H3. The van der Waals surface area contributed by atoms with Crippen LogP contribution in [-0.2, 0) is 19.5 Å². The fraction of sp³-hybridized carbons (Fsp3) is 1.00. The van der Waals surface area contributed by atoms with Crippen molar-refractivity contribution in [2.45, 2.75) is 44.5 Å². The van der Waals surface area contributed by atoms with Crippen LogP contribution in [0.1, 0.15) is 33.1 Å². The molecule has 1 atom stereocenters. The third-order valence-corrected chi connectivity index (χ3v) is 4.56. The largest absolute Gasteiger partial charge is 0.379 e. The van der Waals surface area contributed by atoms with Gasteiger partial charge < -0.3 is 9.47 Å². The number of sulfonamides is 1. The lowest BCUT2D eigenvalue weighted by Crippen LogP contribution is -2.32. The summed E-state index contributed by atoms with van der Waals surface area (Å²) in [5, 5.41) is -0.379. The van der Waals surface area contributed by atoms with E-state index >= 15 is 0 Å². The van der Waals surface area contributed by atoms with Gasteiger partial charge in [-0.3, -0.25) is 0 Å². The summed E-state index contributed by atoms with van der Waals surface area (Å²) in [6.45, 7) is 5.79. The Labute approximate surface area is 104 Å². The molecule has 0 amide bonds. The average Bonchev–Trinajstić information content (AvgIpc) is 2.75. The van der Waals surface area contributed by atoms with E-state index < -0.39 is 10.0 Å². The maximum absolute atomic E-state index is 11.4. The molecule has 0 aromatic rings. The first-order chi connectivity index (χ1) is 8.02. The predicted molar refractivity (Wildman–Crippen MR) is 66.5 cm³/mol. The first kappa shape index (κ1) is 14.9. The second-order valence-corrected chi connectivity index (χ2v) is 6.87. The second kappa shape index (κ2) is 7.31. The molecule has 0 aromatic heterocycles. The van der Waals surface area contributed by atoms with Crippen molar-refractivity contribution >= 4 is 10.0 Å². The van der Waals surface area contributed by atoms with Crippen LogP contribution in [0.2, 0.25) is 0 Å². The van der Waals surface area contributed by atoms with E-state index in [1.165, 1.54) is 0 Å². The van der Waals surface area contributed by atoms with Gasteiger partial charge in [-0.2, -0.15) is 0 Å². The maximum atomic E-state index is 11.4. The summed E-state index contributed by atoms with van der Waals surface area (Å²) in [4.78, 5) is 0. The van der Waals surface area contributed by atoms with Crippen LogP contribution >= 0.6 is 0 Å². The molecule has 0 radical (unpaired) electrons. The van der Waals surface area contributed by atoms with Gasteiger partial charge in [0.05, 0.1) is 18.0 Å². The van der Waals surface area contributed by atoms with E-state index in [0.29, 0.717) is 26.2 Å². The molecular formula is C11H23NO4S. The first-order valence-corrected chi connectivity index (χ1v) is 7.75. The molecule has 17 heavy (non-hydrogen) atoms. The molecule has 1 aliphatic heterocycles. The third kappa shape index (κ3) is 5.81. The predicted octanol–water partition coefficient (Wildman–Crippen LogP) is 0.900. The molecular weight excluding hydrogens is 242 g/mol. The Morgan fingerprint density at radius 3 is 2.82 bits per heavy atom. The molecule has 0 aliphatic carbocycles. The summed E-state index contributed by atoms with van der Waals surface area (Å²) in [5.74, 6) is 0. The minimum absolute atomic E-state index is 0.238. The molecule has 0 bridgehead atoms. The molecule has 1 aliphatic rings. The first-order valence-electron chi connectivity index (χ1n) is 6.20. The van der Waals surface area contributed by atoms with Gasteiger partial charge in [-0.05, 0) is 33.1 Å². The number of hydrogen-bond acceptors (Lipinski definition) is 4. The molecule has 102 valence electrons. The summed E-state index contributed by atoms with van der Waals surface area (Å²) in [7, 11) is -3.13. The lowest BCUT2D eigenvalue weighted by molar-refractivity contribution is 0.0169. The van der Waals surface area contributed by atoms with E-state index in [4.69, 9.17) is 9.47 Å². The zero-order chi connectivity index (χ0) is 12.7. The Morgan fingerprint density at radius 1 is 1.47 bits per heavy atom. The average molecular weight is 265 g/mol. The van der Waals surface area contributed by atoms with Crippen LogP contribution in [-0.4, -0.2) is 46.1 Å². The molecule has 1 heterocycles. The van der Waals surface area contributed by atoms with Gasteiger partial charge in [0.15, 0.2) is 0 Å². The van der Waals surface area contributed by atoms with Crippen molar-refractivity contribution < 1.29 is 17.9 Å². The molecule has 1 rings (SSSR count). The van der Waals surface area contributed by atoms with Gasteiger partial charge in [-0.1, -0.05) is 0 Å². The van der Waals surface area contributed by atoms with Crippen LogP contribution in [0.4, 0.5) is 0 Å². The van der Waals surface area contributed by atoms with Gasteiger partial charge in [0.2, 0.25) is 10.0 Å². The normalized spacial score (nSPS) is 21.2. The van der Waals surface area contributed by atoms with Crippen LogP contribution in [0, 0.1) is 0 Å². The third-order valence-electron chi connectivity index (χ3n) is 2.72. The zero-order valence-electron chi connectivity index (χ0n) is 10.6. The lowest BCUT2D eigenvalue weighted by atomic mass is 10.2. The fourth-order valence-electron chi connectivity index (χ4n) is 1.55. The Hall–Kier alpha value is -0.170. The van der Waals surface area contributed by atoms with Crippen LogP contribution in [0.25, 0.3) is 0 Å². The van der Waals surface area contributed by atoms with Crippen molar-refractivity contribution in [1.29, 1.82) is 0 Å². The summed E-state index contributed by atoms with van der Waals surface area (Å²) < 4.78 is 36.2. The number of ether oxygens (including phenoxy) is 2. The quantitative estimate of drug-likeness (QED) is 0.662. The van der Waals surface area contributed by atoms with E-state index in [-0.39, 0.29) is 11.4 Å². The molecule has 0 spiro atoms. The molecule has 1 saturated heterocycles. The fourth-order valence-corrected chi connectivity index (χ4v) is 2.31. The van der Waals surface area contributed by atoms with Gasteiger partial charge in [-0.25, -0.2) is 13.1 Å². The van der Waals surface area contributed by atoms with Gasteiger partial charge in [-0.15, -0.1) is 0 Å². The molecule has 5 nitrogen and oxygen atoms in total. The number of hydrogen-bond donors (Lipinski definition) is 1. The molecule has 0 aromatic carbocycles. The molecule has 6 heteroatoms. The SMILES string of the molecule is CC(C)S(=O)(=O)NCCCOCC1CCCO1. The van der Waals surface area contributed by atoms with E-state index in [0.717, 1.165) is 19.4 Å². The second-order valence-electron chi connectivity index (χ2n) is 4.55. The monoisotopic (exact) mass is 265 g/mol. The highest BCUT2D eigenvalue weighted by Crippen LogP contribution is 2.11. The summed E-state index contributed by atoms with van der Waals surface area (Å²) >= 11 is 0. The topological polar surface area (TPSA) is 64.6 Å². The zero-order valence-corrected chi connectivity index (χ0v) is 11.5. The maximum Gasteiger partial charge on any atom is 0.213 e. The Morgan fingerprint density at radius 2 is 2.24 bits per heavy atom. The minimum atomic E-state index is -3.13. The minimum Gasteiger partial charge on any atom is -0.379 e. The molecule has 1 fully saturated rings. The Bertz CT molecular complexity index is 297. The number of nitrogens with one attached hydrogen (secondary N) is 1. The Kier molecular flexibility index (Phi) is 6.40. The van der Waals surface area contributed by atoms with Crippen molar-refractivity contribution in [3.05, 3.63) is 0 Å². The van der Waals surface area contributed by atoms with Crippen LogP contribution in [0.5, 0.6) is 0 Å². The van der Waals surface area contributed by atoms with E-state index in [1.807, 2.05) is 0 Å². The van der Waals surface area contributed by atoms with E-state index in [1.54, 1.807) is 13.8 Å². The van der Waals surface area contributed by atoms with Crippen molar-refractivity contribution in [2.75, 3.05) is 26.4 Å². The highest BCUT2D eigenvalue weighted by Gasteiger charge is 2.16. The smallest absolute Gasteiger partial charge is 0.213 e. The Balaban J connectivity index is 1.97. The van der Waals surface area contributed by atoms with Crippen molar-refractivity contribution in [2.24, 2.45) is 0 Å². The van der Waals surface area contributed by atoms with Crippen LogP contribution in [0.3, 0.4) is 0 Å². The molecule has 1 N–H and O–H groups in total. The van der Waals surface area contributed by atoms with Crippen molar-refractivity contribution in [1.82, 2.24) is 4.72 Å². The lowest BCUT2D eigenvalue weighted by Gasteiger charge is -2.11. The van der Waals surface area contributed by atoms with E-state index in [9.17, 15) is 8.42 Å². The molecule has 0 saturated carbocycles. The van der Waals surface area contributed by atoms with Gasteiger partial charge in [0.25, 0.3) is 0 Å². The van der Waals surface area contributed by atoms with Gasteiger partial charge >= 0.3 is 0 Å². The van der Waals surface area contributed by atoms with Crippen LogP contribution < -0.4 is 4.72 Å². The van der Waals surface area contributed by atoms with E-state index in [2.05, 4.69) is 4.72 Å². The van der Waals surface area contributed by atoms with Gasteiger partial charge in [0, 0.05) is 19.8 Å². The van der Waals surface area contributed by atoms with Crippen molar-refractivity contribution in [3.8, 4) is 0 Å². The highest BCUT2D eigenvalue weighted by atomic mass is 32.2.